The van der Waals surface area contributed by atoms with Gasteiger partial charge in [0.05, 0.1) is 30.5 Å². The standard InChI is InChI=1S/C23H23N3O6S/c1-4-32-22(30)15-7-9-16(10-8-15)24-20(28)18-13-19(27)26(2)23(33-18)25-17-11-5-14(6-12-17)21(29)31-3/h5-12,18H,4,13H2,1-3H3,(H,24,28)/t18-/m1/s1. The monoisotopic (exact) mass is 469 g/mol. The van der Waals surface area contributed by atoms with Gasteiger partial charge in [-0.2, -0.15) is 0 Å². The Hall–Kier alpha value is -3.66. The summed E-state index contributed by atoms with van der Waals surface area (Å²) in [5.74, 6) is -1.48. The summed E-state index contributed by atoms with van der Waals surface area (Å²) in [6.45, 7) is 2.00. The van der Waals surface area contributed by atoms with Gasteiger partial charge in [0.1, 0.15) is 5.25 Å². The summed E-state index contributed by atoms with van der Waals surface area (Å²) < 4.78 is 9.62. The second-order valence-corrected chi connectivity index (χ2v) is 8.15. The summed E-state index contributed by atoms with van der Waals surface area (Å²) in [5, 5.41) is 2.46. The molecule has 0 unspecified atom stereocenters. The number of thioether (sulfide) groups is 1. The highest BCUT2D eigenvalue weighted by molar-refractivity contribution is 8.15. The highest BCUT2D eigenvalue weighted by atomic mass is 32.2. The Morgan fingerprint density at radius 2 is 1.67 bits per heavy atom. The number of carbonyl (C=O) groups excluding carboxylic acids is 4. The van der Waals surface area contributed by atoms with Gasteiger partial charge < -0.3 is 14.8 Å². The molecule has 1 fully saturated rings. The van der Waals surface area contributed by atoms with Crippen LogP contribution in [0.15, 0.2) is 53.5 Å². The van der Waals surface area contributed by atoms with E-state index in [9.17, 15) is 19.2 Å². The molecular weight excluding hydrogens is 446 g/mol. The first-order valence-electron chi connectivity index (χ1n) is 10.1. The number of hydrogen-bond acceptors (Lipinski definition) is 8. The van der Waals surface area contributed by atoms with E-state index in [1.807, 2.05) is 0 Å². The first-order valence-corrected chi connectivity index (χ1v) is 11.0. The molecule has 1 saturated heterocycles. The van der Waals surface area contributed by atoms with Crippen LogP contribution in [0.3, 0.4) is 0 Å². The zero-order valence-electron chi connectivity index (χ0n) is 18.4. The van der Waals surface area contributed by atoms with Crippen LogP contribution in [0.1, 0.15) is 34.1 Å². The van der Waals surface area contributed by atoms with E-state index in [-0.39, 0.29) is 24.8 Å². The molecule has 33 heavy (non-hydrogen) atoms. The molecule has 9 nitrogen and oxygen atoms in total. The molecule has 3 rings (SSSR count). The zero-order valence-corrected chi connectivity index (χ0v) is 19.2. The summed E-state index contributed by atoms with van der Waals surface area (Å²) >= 11 is 1.17. The van der Waals surface area contributed by atoms with Crippen molar-refractivity contribution in [2.45, 2.75) is 18.6 Å². The lowest BCUT2D eigenvalue weighted by Crippen LogP contribution is -2.43. The predicted molar refractivity (Wildman–Crippen MR) is 125 cm³/mol. The van der Waals surface area contributed by atoms with Gasteiger partial charge in [-0.05, 0) is 55.5 Å². The van der Waals surface area contributed by atoms with Gasteiger partial charge in [-0.25, -0.2) is 14.6 Å². The first-order chi connectivity index (χ1) is 15.8. The normalized spacial score (nSPS) is 16.9. The van der Waals surface area contributed by atoms with Crippen molar-refractivity contribution in [2.75, 3.05) is 26.1 Å². The van der Waals surface area contributed by atoms with E-state index in [2.05, 4.69) is 15.0 Å². The topological polar surface area (TPSA) is 114 Å². The molecule has 1 N–H and O–H groups in total. The molecule has 0 radical (unpaired) electrons. The fourth-order valence-electron chi connectivity index (χ4n) is 2.92. The van der Waals surface area contributed by atoms with E-state index in [1.54, 1.807) is 62.5 Å². The number of carbonyl (C=O) groups is 4. The van der Waals surface area contributed by atoms with Crippen LogP contribution >= 0.6 is 11.8 Å². The molecule has 1 aliphatic heterocycles. The molecule has 0 spiro atoms. The second-order valence-electron chi connectivity index (χ2n) is 6.98. The maximum Gasteiger partial charge on any atom is 0.338 e. The SMILES string of the molecule is CCOC(=O)c1ccc(NC(=O)[C@H]2CC(=O)N(C)C(=Nc3ccc(C(=O)OC)cc3)S2)cc1. The van der Waals surface area contributed by atoms with Crippen LogP contribution in [-0.2, 0) is 19.1 Å². The molecule has 1 atom stereocenters. The van der Waals surface area contributed by atoms with Crippen LogP contribution in [0.4, 0.5) is 11.4 Å². The quantitative estimate of drug-likeness (QED) is 0.646. The molecule has 0 aliphatic carbocycles. The number of methoxy groups -OCH3 is 1. The number of ether oxygens (including phenoxy) is 2. The van der Waals surface area contributed by atoms with Crippen LogP contribution in [0.25, 0.3) is 0 Å². The van der Waals surface area contributed by atoms with E-state index in [0.29, 0.717) is 27.7 Å². The first kappa shape index (κ1) is 24.0. The van der Waals surface area contributed by atoms with Crippen LogP contribution in [0, 0.1) is 0 Å². The van der Waals surface area contributed by atoms with Crippen molar-refractivity contribution in [1.82, 2.24) is 4.90 Å². The zero-order chi connectivity index (χ0) is 24.0. The number of rotatable bonds is 6. The van der Waals surface area contributed by atoms with Gasteiger partial charge in [0.2, 0.25) is 11.8 Å². The molecule has 0 bridgehead atoms. The average molecular weight is 470 g/mol. The fourth-order valence-corrected chi connectivity index (χ4v) is 3.99. The molecule has 1 heterocycles. The van der Waals surface area contributed by atoms with Crippen LogP contribution in [0.5, 0.6) is 0 Å². The molecule has 10 heteroatoms. The minimum absolute atomic E-state index is 0.0220. The number of hydrogen-bond donors (Lipinski definition) is 1. The minimum atomic E-state index is -0.675. The lowest BCUT2D eigenvalue weighted by Gasteiger charge is -2.28. The van der Waals surface area contributed by atoms with Crippen molar-refractivity contribution in [3.63, 3.8) is 0 Å². The van der Waals surface area contributed by atoms with Crippen LogP contribution in [-0.4, -0.2) is 59.8 Å². The summed E-state index contributed by atoms with van der Waals surface area (Å²) in [6.07, 6.45) is 0.0220. The summed E-state index contributed by atoms with van der Waals surface area (Å²) in [6, 6.07) is 12.7. The van der Waals surface area contributed by atoms with Crippen molar-refractivity contribution >= 4 is 52.1 Å². The maximum absolute atomic E-state index is 12.8. The Bertz CT molecular complexity index is 1080. The number of amides is 2. The third-order valence-electron chi connectivity index (χ3n) is 4.74. The second kappa shape index (κ2) is 10.8. The third-order valence-corrected chi connectivity index (χ3v) is 5.98. The number of amidine groups is 1. The number of esters is 2. The fraction of sp³-hybridized carbons (Fsp3) is 0.261. The van der Waals surface area contributed by atoms with E-state index in [4.69, 9.17) is 4.74 Å². The number of aliphatic imine (C=N–C) groups is 1. The molecule has 2 aromatic carbocycles. The third kappa shape index (κ3) is 5.98. The van der Waals surface area contributed by atoms with Gasteiger partial charge in [-0.1, -0.05) is 11.8 Å². The maximum atomic E-state index is 12.8. The van der Waals surface area contributed by atoms with Gasteiger partial charge >= 0.3 is 11.9 Å². The molecule has 172 valence electrons. The largest absolute Gasteiger partial charge is 0.465 e. The van der Waals surface area contributed by atoms with Crippen molar-refractivity contribution in [3.05, 3.63) is 59.7 Å². The molecule has 2 amide bonds. The predicted octanol–water partition coefficient (Wildman–Crippen LogP) is 3.24. The minimum Gasteiger partial charge on any atom is -0.465 e. The summed E-state index contributed by atoms with van der Waals surface area (Å²) in [7, 11) is 2.90. The lowest BCUT2D eigenvalue weighted by molar-refractivity contribution is -0.128. The van der Waals surface area contributed by atoms with Crippen molar-refractivity contribution in [2.24, 2.45) is 4.99 Å². The van der Waals surface area contributed by atoms with Gasteiger partial charge in [-0.3, -0.25) is 14.5 Å². The molecule has 0 aromatic heterocycles. The number of nitrogens with zero attached hydrogens (tertiary/aromatic N) is 2. The molecule has 0 saturated carbocycles. The van der Waals surface area contributed by atoms with Crippen molar-refractivity contribution in [1.29, 1.82) is 0 Å². The highest BCUT2D eigenvalue weighted by Gasteiger charge is 2.34. The number of benzene rings is 2. The molecule has 2 aromatic rings. The average Bonchev–Trinajstić information content (AvgIpc) is 2.82. The Morgan fingerprint density at radius 3 is 2.27 bits per heavy atom. The molecular formula is C23H23N3O6S. The molecule has 1 aliphatic rings. The Labute approximate surface area is 195 Å². The number of nitrogens with one attached hydrogen (secondary N) is 1. The Balaban J connectivity index is 1.70. The van der Waals surface area contributed by atoms with Gasteiger partial charge in [-0.15, -0.1) is 0 Å². The van der Waals surface area contributed by atoms with E-state index in [1.165, 1.54) is 23.8 Å². The van der Waals surface area contributed by atoms with E-state index in [0.717, 1.165) is 0 Å². The highest BCUT2D eigenvalue weighted by Crippen LogP contribution is 2.29. The van der Waals surface area contributed by atoms with Crippen LogP contribution < -0.4 is 5.32 Å². The van der Waals surface area contributed by atoms with Crippen molar-refractivity contribution in [3.8, 4) is 0 Å². The van der Waals surface area contributed by atoms with Gasteiger partial charge in [0.25, 0.3) is 0 Å². The summed E-state index contributed by atoms with van der Waals surface area (Å²) in [5.41, 5.74) is 1.79. The smallest absolute Gasteiger partial charge is 0.338 e. The van der Waals surface area contributed by atoms with Gasteiger partial charge in [0.15, 0.2) is 5.17 Å². The number of anilines is 1. The van der Waals surface area contributed by atoms with Gasteiger partial charge in [0, 0.05) is 19.2 Å². The van der Waals surface area contributed by atoms with E-state index < -0.39 is 17.2 Å². The van der Waals surface area contributed by atoms with E-state index >= 15 is 0 Å². The lowest BCUT2D eigenvalue weighted by atomic mass is 10.2. The Morgan fingerprint density at radius 1 is 1.06 bits per heavy atom. The van der Waals surface area contributed by atoms with Crippen molar-refractivity contribution < 1.29 is 28.7 Å². The van der Waals surface area contributed by atoms with Crippen LogP contribution in [0.2, 0.25) is 0 Å². The Kier molecular flexibility index (Phi) is 7.83. The summed E-state index contributed by atoms with van der Waals surface area (Å²) in [4.78, 5) is 54.5.